The van der Waals surface area contributed by atoms with Crippen molar-refractivity contribution in [1.29, 1.82) is 0 Å². The molecule has 0 unspecified atom stereocenters. The van der Waals surface area contributed by atoms with E-state index in [9.17, 15) is 0 Å². The van der Waals surface area contributed by atoms with Crippen LogP contribution in [0.15, 0.2) is 4.42 Å². The number of hydrogen-bond donors (Lipinski definition) is 1. The van der Waals surface area contributed by atoms with E-state index < -0.39 is 0 Å². The third-order valence-corrected chi connectivity index (χ3v) is 2.56. The topological polar surface area (TPSA) is 55.3 Å². The Morgan fingerprint density at radius 1 is 1.33 bits per heavy atom. The molecule has 1 aliphatic rings. The van der Waals surface area contributed by atoms with Crippen molar-refractivity contribution in [3.63, 3.8) is 0 Å². The highest BCUT2D eigenvalue weighted by Gasteiger charge is 2.17. The van der Waals surface area contributed by atoms with Crippen LogP contribution in [0.2, 0.25) is 0 Å². The van der Waals surface area contributed by atoms with Crippen molar-refractivity contribution in [2.75, 3.05) is 25.4 Å². The molecule has 0 bridgehead atoms. The van der Waals surface area contributed by atoms with E-state index in [1.54, 1.807) is 0 Å². The Labute approximate surface area is 102 Å². The van der Waals surface area contributed by atoms with Gasteiger partial charge in [-0.05, 0) is 6.54 Å². The van der Waals surface area contributed by atoms with Crippen molar-refractivity contribution in [3.05, 3.63) is 11.5 Å². The fourth-order valence-electron chi connectivity index (χ4n) is 1.75. The molecule has 0 radical (unpaired) electrons. The van der Waals surface area contributed by atoms with Gasteiger partial charge in [-0.15, -0.1) is 0 Å². The Morgan fingerprint density at radius 2 is 2.00 bits per heavy atom. The van der Waals surface area contributed by atoms with Crippen LogP contribution in [0, 0.1) is 0 Å². The molecule has 1 aromatic heterocycles. The number of aromatic nitrogens is 1. The molecular formula is C9H15Cl2N3O-2. The average Bonchev–Trinajstić information content (AvgIpc) is 2.37. The molecular weight excluding hydrogens is 237 g/mol. The van der Waals surface area contributed by atoms with Crippen LogP contribution in [0.5, 0.6) is 0 Å². The molecule has 0 spiro atoms. The van der Waals surface area contributed by atoms with Crippen LogP contribution in [0.4, 0.5) is 6.01 Å². The number of nitrogens with two attached hydrogens (primary N) is 1. The quantitative estimate of drug-likeness (QED) is 0.542. The first kappa shape index (κ1) is 14.6. The highest BCUT2D eigenvalue weighted by atomic mass is 35.5. The van der Waals surface area contributed by atoms with Gasteiger partial charge in [0.05, 0.1) is 5.69 Å². The number of anilines is 1. The second kappa shape index (κ2) is 6.20. The summed E-state index contributed by atoms with van der Waals surface area (Å²) in [5.74, 6) is 0.980. The number of oxazole rings is 1. The third kappa shape index (κ3) is 3.26. The van der Waals surface area contributed by atoms with Crippen molar-refractivity contribution in [1.82, 2.24) is 9.88 Å². The molecule has 0 saturated heterocycles. The summed E-state index contributed by atoms with van der Waals surface area (Å²) in [5.41, 5.74) is 6.53. The molecule has 0 fully saturated rings. The second-order valence-corrected chi connectivity index (χ2v) is 3.36. The summed E-state index contributed by atoms with van der Waals surface area (Å²) < 4.78 is 5.32. The minimum atomic E-state index is 0. The minimum absolute atomic E-state index is 0. The van der Waals surface area contributed by atoms with E-state index in [4.69, 9.17) is 10.2 Å². The van der Waals surface area contributed by atoms with Gasteiger partial charge in [0.2, 0.25) is 0 Å². The van der Waals surface area contributed by atoms with Crippen LogP contribution in [0.3, 0.4) is 0 Å². The number of likely N-dealkylation sites (N-methyl/N-ethyl adjacent to an activating group) is 1. The summed E-state index contributed by atoms with van der Waals surface area (Å²) in [6.45, 7) is 5.39. The maximum Gasteiger partial charge on any atom is 0.292 e. The van der Waals surface area contributed by atoms with Gasteiger partial charge in [0.15, 0.2) is 0 Å². The smallest absolute Gasteiger partial charge is 0.292 e. The number of halogens is 2. The molecule has 1 aliphatic heterocycles. The summed E-state index contributed by atoms with van der Waals surface area (Å²) >= 11 is 0. The van der Waals surface area contributed by atoms with Gasteiger partial charge in [-0.2, -0.15) is 4.98 Å². The molecule has 0 atom stereocenters. The van der Waals surface area contributed by atoms with Crippen LogP contribution in [0.1, 0.15) is 18.4 Å². The van der Waals surface area contributed by atoms with E-state index in [2.05, 4.69) is 16.8 Å². The molecule has 6 heteroatoms. The molecule has 88 valence electrons. The molecule has 2 rings (SSSR count). The lowest BCUT2D eigenvalue weighted by Crippen LogP contribution is -3.00. The van der Waals surface area contributed by atoms with Crippen molar-refractivity contribution >= 4 is 6.01 Å². The summed E-state index contributed by atoms with van der Waals surface area (Å²) in [6.07, 6.45) is 1.90. The summed E-state index contributed by atoms with van der Waals surface area (Å²) in [4.78, 5) is 6.56. The molecule has 0 saturated carbocycles. The van der Waals surface area contributed by atoms with E-state index >= 15 is 0 Å². The Balaban J connectivity index is 0.000000980. The van der Waals surface area contributed by atoms with E-state index in [0.717, 1.165) is 43.9 Å². The number of fused-ring (bicyclic) bond motifs is 1. The monoisotopic (exact) mass is 251 g/mol. The van der Waals surface area contributed by atoms with Crippen LogP contribution >= 0.6 is 0 Å². The van der Waals surface area contributed by atoms with Gasteiger partial charge in [-0.3, -0.25) is 0 Å². The highest BCUT2D eigenvalue weighted by Crippen LogP contribution is 2.17. The Morgan fingerprint density at radius 3 is 2.67 bits per heavy atom. The predicted molar refractivity (Wildman–Crippen MR) is 50.4 cm³/mol. The number of nitrogen functional groups attached to an aromatic ring is 1. The Bertz CT molecular complexity index is 278. The fraction of sp³-hybridized carbons (Fsp3) is 0.667. The van der Waals surface area contributed by atoms with Crippen molar-refractivity contribution in [2.24, 2.45) is 0 Å². The Hall–Kier alpha value is -0.450. The van der Waals surface area contributed by atoms with E-state index in [1.807, 2.05) is 0 Å². The summed E-state index contributed by atoms with van der Waals surface area (Å²) in [6, 6.07) is 0.315. The van der Waals surface area contributed by atoms with Gasteiger partial charge in [-0.1, -0.05) is 6.92 Å². The van der Waals surface area contributed by atoms with Gasteiger partial charge >= 0.3 is 0 Å². The Kier molecular flexibility index (Phi) is 6.02. The molecule has 4 nitrogen and oxygen atoms in total. The SMILES string of the molecule is CCN1CCc2nc(N)oc2CC1.[Cl-].[Cl-]. The maximum absolute atomic E-state index is 5.49. The van der Waals surface area contributed by atoms with Crippen molar-refractivity contribution < 1.29 is 29.2 Å². The second-order valence-electron chi connectivity index (χ2n) is 3.36. The summed E-state index contributed by atoms with van der Waals surface area (Å²) in [5, 5.41) is 0. The van der Waals surface area contributed by atoms with Crippen LogP contribution in [0.25, 0.3) is 0 Å². The van der Waals surface area contributed by atoms with E-state index in [1.165, 1.54) is 0 Å². The zero-order valence-corrected chi connectivity index (χ0v) is 10.2. The zero-order chi connectivity index (χ0) is 9.26. The first-order valence-electron chi connectivity index (χ1n) is 4.76. The minimum Gasteiger partial charge on any atom is -1.00 e. The lowest BCUT2D eigenvalue weighted by atomic mass is 10.2. The summed E-state index contributed by atoms with van der Waals surface area (Å²) in [7, 11) is 0. The number of nitrogens with zero attached hydrogens (tertiary/aromatic N) is 2. The zero-order valence-electron chi connectivity index (χ0n) is 8.67. The molecule has 2 heterocycles. The third-order valence-electron chi connectivity index (χ3n) is 2.56. The van der Waals surface area contributed by atoms with E-state index in [-0.39, 0.29) is 24.8 Å². The van der Waals surface area contributed by atoms with Gasteiger partial charge in [0.1, 0.15) is 5.76 Å². The first-order chi connectivity index (χ1) is 6.29. The van der Waals surface area contributed by atoms with Gasteiger partial charge in [0.25, 0.3) is 6.01 Å². The van der Waals surface area contributed by atoms with Gasteiger partial charge < -0.3 is 39.9 Å². The van der Waals surface area contributed by atoms with Crippen molar-refractivity contribution in [3.8, 4) is 0 Å². The van der Waals surface area contributed by atoms with E-state index in [0.29, 0.717) is 6.01 Å². The molecule has 15 heavy (non-hydrogen) atoms. The number of rotatable bonds is 1. The maximum atomic E-state index is 5.49. The lowest BCUT2D eigenvalue weighted by Gasteiger charge is -2.15. The highest BCUT2D eigenvalue weighted by molar-refractivity contribution is 5.21. The molecule has 0 aromatic carbocycles. The predicted octanol–water partition coefficient (Wildman–Crippen LogP) is -5.31. The average molecular weight is 252 g/mol. The van der Waals surface area contributed by atoms with Crippen LogP contribution in [-0.4, -0.2) is 29.5 Å². The fourth-order valence-corrected chi connectivity index (χ4v) is 1.75. The first-order valence-corrected chi connectivity index (χ1v) is 4.76. The van der Waals surface area contributed by atoms with Crippen LogP contribution in [-0.2, 0) is 12.8 Å². The lowest BCUT2D eigenvalue weighted by molar-refractivity contribution is -0.00100. The molecule has 0 aliphatic carbocycles. The normalized spacial score (nSPS) is 15.8. The van der Waals surface area contributed by atoms with Crippen LogP contribution < -0.4 is 30.5 Å². The largest absolute Gasteiger partial charge is 1.00 e. The number of hydrogen-bond acceptors (Lipinski definition) is 4. The molecule has 2 N–H and O–H groups in total. The molecule has 1 aromatic rings. The van der Waals surface area contributed by atoms with Gasteiger partial charge in [0, 0.05) is 25.9 Å². The van der Waals surface area contributed by atoms with Gasteiger partial charge in [-0.25, -0.2) is 0 Å². The van der Waals surface area contributed by atoms with Crippen molar-refractivity contribution in [2.45, 2.75) is 19.8 Å². The standard InChI is InChI=1S/C9H15N3O.2ClH/c1-2-12-5-3-7-8(4-6-12)13-9(10)11-7;;/h2-6H2,1H3,(H2,10,11);2*1H/p-2. The molecule has 0 amide bonds.